The third kappa shape index (κ3) is 2.60. The molecule has 0 saturated carbocycles. The summed E-state index contributed by atoms with van der Waals surface area (Å²) in [6, 6.07) is 6.79. The molecule has 0 fully saturated rings. The van der Waals surface area contributed by atoms with Gasteiger partial charge < -0.3 is 0 Å². The Labute approximate surface area is 113 Å². The van der Waals surface area contributed by atoms with E-state index in [2.05, 4.69) is 4.98 Å². The third-order valence-electron chi connectivity index (χ3n) is 2.22. The molecule has 0 aliphatic carbocycles. The topological polar surface area (TPSA) is 30.0 Å². The first-order chi connectivity index (χ1) is 8.11. The second-order valence-corrected chi connectivity index (χ2v) is 4.58. The van der Waals surface area contributed by atoms with Gasteiger partial charge in [-0.3, -0.25) is 9.78 Å². The predicted octanol–water partition coefficient (Wildman–Crippen LogP) is 4.52. The molecule has 0 amide bonds. The number of rotatable bonds is 2. The van der Waals surface area contributed by atoms with Crippen LogP contribution in [0.4, 0.5) is 0 Å². The number of halogens is 3. The highest BCUT2D eigenvalue weighted by Gasteiger charge is 2.08. The van der Waals surface area contributed by atoms with E-state index >= 15 is 0 Å². The van der Waals surface area contributed by atoms with Crippen LogP contribution in [0.25, 0.3) is 11.1 Å². The van der Waals surface area contributed by atoms with Gasteiger partial charge in [0.25, 0.3) is 0 Å². The minimum absolute atomic E-state index is 0.209. The van der Waals surface area contributed by atoms with Crippen LogP contribution in [0.2, 0.25) is 15.1 Å². The zero-order valence-electron chi connectivity index (χ0n) is 8.45. The standard InChI is InChI=1S/C12H6Cl3NO/c13-8-1-2-9(10(14)4-8)7-3-11(15)12(6-17)16-5-7/h1-6H. The number of hydrogen-bond donors (Lipinski definition) is 0. The second kappa shape index (κ2) is 5.05. The van der Waals surface area contributed by atoms with Crippen molar-refractivity contribution < 1.29 is 4.79 Å². The number of nitrogens with zero attached hydrogens (tertiary/aromatic N) is 1. The molecular weight excluding hydrogens is 280 g/mol. The first-order valence-electron chi connectivity index (χ1n) is 4.68. The molecule has 1 heterocycles. The average molecular weight is 287 g/mol. The molecule has 0 bridgehead atoms. The maximum atomic E-state index is 10.6. The molecule has 0 radical (unpaired) electrons. The molecule has 0 atom stereocenters. The van der Waals surface area contributed by atoms with E-state index in [-0.39, 0.29) is 5.69 Å². The lowest BCUT2D eigenvalue weighted by Gasteiger charge is -2.05. The van der Waals surface area contributed by atoms with Gasteiger partial charge >= 0.3 is 0 Å². The highest BCUT2D eigenvalue weighted by Crippen LogP contribution is 2.31. The van der Waals surface area contributed by atoms with Gasteiger partial charge in [-0.15, -0.1) is 0 Å². The minimum Gasteiger partial charge on any atom is -0.296 e. The van der Waals surface area contributed by atoms with E-state index in [4.69, 9.17) is 34.8 Å². The monoisotopic (exact) mass is 285 g/mol. The van der Waals surface area contributed by atoms with E-state index < -0.39 is 0 Å². The molecule has 1 aromatic carbocycles. The van der Waals surface area contributed by atoms with Crippen LogP contribution in [0.15, 0.2) is 30.5 Å². The lowest BCUT2D eigenvalue weighted by Crippen LogP contribution is -1.89. The quantitative estimate of drug-likeness (QED) is 0.760. The van der Waals surface area contributed by atoms with Crippen LogP contribution < -0.4 is 0 Å². The molecule has 17 heavy (non-hydrogen) atoms. The van der Waals surface area contributed by atoms with Crippen LogP contribution in [-0.2, 0) is 0 Å². The molecule has 0 aliphatic rings. The molecule has 2 aromatic rings. The minimum atomic E-state index is 0.209. The summed E-state index contributed by atoms with van der Waals surface area (Å²) >= 11 is 17.8. The molecule has 1 aromatic heterocycles. The van der Waals surface area contributed by atoms with Crippen molar-refractivity contribution in [3.05, 3.63) is 51.2 Å². The van der Waals surface area contributed by atoms with Crippen LogP contribution in [0.5, 0.6) is 0 Å². The lowest BCUT2D eigenvalue weighted by atomic mass is 10.1. The Morgan fingerprint density at radius 1 is 1.06 bits per heavy atom. The van der Waals surface area contributed by atoms with Gasteiger partial charge in [0, 0.05) is 27.4 Å². The molecule has 0 spiro atoms. The number of aldehydes is 1. The summed E-state index contributed by atoms with van der Waals surface area (Å²) in [5.74, 6) is 0. The van der Waals surface area contributed by atoms with Gasteiger partial charge in [-0.1, -0.05) is 40.9 Å². The van der Waals surface area contributed by atoms with Crippen molar-refractivity contribution in [1.82, 2.24) is 4.98 Å². The maximum absolute atomic E-state index is 10.6. The van der Waals surface area contributed by atoms with E-state index in [1.807, 2.05) is 0 Å². The summed E-state index contributed by atoms with van der Waals surface area (Å²) in [7, 11) is 0. The molecule has 0 saturated heterocycles. The Morgan fingerprint density at radius 3 is 2.41 bits per heavy atom. The Balaban J connectivity index is 2.53. The molecule has 0 unspecified atom stereocenters. The fourth-order valence-electron chi connectivity index (χ4n) is 1.41. The summed E-state index contributed by atoms with van der Waals surface area (Å²) in [6.45, 7) is 0. The van der Waals surface area contributed by atoms with E-state index in [0.717, 1.165) is 11.1 Å². The third-order valence-corrected chi connectivity index (χ3v) is 3.07. The first kappa shape index (κ1) is 12.4. The van der Waals surface area contributed by atoms with Gasteiger partial charge in [0.2, 0.25) is 0 Å². The van der Waals surface area contributed by atoms with Gasteiger partial charge in [-0.2, -0.15) is 0 Å². The van der Waals surface area contributed by atoms with Gasteiger partial charge in [-0.25, -0.2) is 0 Å². The van der Waals surface area contributed by atoms with Crippen LogP contribution in [0.3, 0.4) is 0 Å². The summed E-state index contributed by atoms with van der Waals surface area (Å²) in [5, 5.41) is 1.36. The Kier molecular flexibility index (Phi) is 3.67. The molecule has 5 heteroatoms. The Bertz CT molecular complexity index is 584. The number of benzene rings is 1. The normalized spacial score (nSPS) is 10.3. The fraction of sp³-hybridized carbons (Fsp3) is 0. The summed E-state index contributed by atoms with van der Waals surface area (Å²) < 4.78 is 0. The zero-order valence-corrected chi connectivity index (χ0v) is 10.7. The average Bonchev–Trinajstić information content (AvgIpc) is 2.29. The van der Waals surface area contributed by atoms with E-state index in [9.17, 15) is 4.79 Å². The van der Waals surface area contributed by atoms with Crippen LogP contribution in [-0.4, -0.2) is 11.3 Å². The molecule has 2 nitrogen and oxygen atoms in total. The Morgan fingerprint density at radius 2 is 1.82 bits per heavy atom. The first-order valence-corrected chi connectivity index (χ1v) is 5.81. The van der Waals surface area contributed by atoms with Crippen molar-refractivity contribution in [2.24, 2.45) is 0 Å². The van der Waals surface area contributed by atoms with Gasteiger partial charge in [0.15, 0.2) is 6.29 Å². The number of carbonyl (C=O) groups is 1. The fourth-order valence-corrected chi connectivity index (χ4v) is 2.13. The highest BCUT2D eigenvalue weighted by molar-refractivity contribution is 6.36. The van der Waals surface area contributed by atoms with Crippen molar-refractivity contribution in [3.63, 3.8) is 0 Å². The van der Waals surface area contributed by atoms with Crippen LogP contribution in [0.1, 0.15) is 10.5 Å². The SMILES string of the molecule is O=Cc1ncc(-c2ccc(Cl)cc2Cl)cc1Cl. The predicted molar refractivity (Wildman–Crippen MR) is 70.1 cm³/mol. The van der Waals surface area contributed by atoms with Crippen molar-refractivity contribution in [1.29, 1.82) is 0 Å². The largest absolute Gasteiger partial charge is 0.296 e. The molecule has 2 rings (SSSR count). The van der Waals surface area contributed by atoms with Crippen molar-refractivity contribution in [2.75, 3.05) is 0 Å². The smallest absolute Gasteiger partial charge is 0.169 e. The van der Waals surface area contributed by atoms with Crippen LogP contribution in [0, 0.1) is 0 Å². The second-order valence-electron chi connectivity index (χ2n) is 3.33. The van der Waals surface area contributed by atoms with Crippen molar-refractivity contribution in [3.8, 4) is 11.1 Å². The summed E-state index contributed by atoms with van der Waals surface area (Å²) in [6.07, 6.45) is 2.15. The van der Waals surface area contributed by atoms with E-state index in [0.29, 0.717) is 21.4 Å². The van der Waals surface area contributed by atoms with E-state index in [1.165, 1.54) is 0 Å². The summed E-state index contributed by atoms with van der Waals surface area (Å²) in [4.78, 5) is 14.5. The molecule has 86 valence electrons. The Hall–Kier alpha value is -1.09. The number of carbonyl (C=O) groups excluding carboxylic acids is 1. The van der Waals surface area contributed by atoms with Crippen LogP contribution >= 0.6 is 34.8 Å². The van der Waals surface area contributed by atoms with Crippen molar-refractivity contribution >= 4 is 41.1 Å². The molecule has 0 aliphatic heterocycles. The summed E-state index contributed by atoms with van der Waals surface area (Å²) in [5.41, 5.74) is 1.71. The van der Waals surface area contributed by atoms with Gasteiger partial charge in [-0.05, 0) is 18.2 Å². The van der Waals surface area contributed by atoms with Crippen molar-refractivity contribution in [2.45, 2.75) is 0 Å². The zero-order chi connectivity index (χ0) is 12.4. The van der Waals surface area contributed by atoms with Gasteiger partial charge in [0.1, 0.15) is 5.69 Å². The lowest BCUT2D eigenvalue weighted by molar-refractivity contribution is 0.111. The molecular formula is C12H6Cl3NO. The highest BCUT2D eigenvalue weighted by atomic mass is 35.5. The molecule has 0 N–H and O–H groups in total. The van der Waals surface area contributed by atoms with Gasteiger partial charge in [0.05, 0.1) is 5.02 Å². The number of pyridine rings is 1. The number of aromatic nitrogens is 1. The maximum Gasteiger partial charge on any atom is 0.169 e. The van der Waals surface area contributed by atoms with E-state index in [1.54, 1.807) is 30.5 Å². The number of hydrogen-bond acceptors (Lipinski definition) is 2.